The number of hydrogen-bond donors (Lipinski definition) is 1. The highest BCUT2D eigenvalue weighted by molar-refractivity contribution is 8.03. The van der Waals surface area contributed by atoms with E-state index in [0.29, 0.717) is 0 Å². The van der Waals surface area contributed by atoms with E-state index < -0.39 is 0 Å². The summed E-state index contributed by atoms with van der Waals surface area (Å²) in [6.45, 7) is 20.4. The molecule has 0 saturated carbocycles. The van der Waals surface area contributed by atoms with Gasteiger partial charge in [-0.1, -0.05) is 133 Å². The van der Waals surface area contributed by atoms with Crippen LogP contribution < -0.4 is 10.2 Å². The first kappa shape index (κ1) is 33.7. The van der Waals surface area contributed by atoms with Gasteiger partial charge in [-0.25, -0.2) is 0 Å². The quantitative estimate of drug-likeness (QED) is 0.201. The molecule has 1 aliphatic heterocycles. The van der Waals surface area contributed by atoms with Crippen LogP contribution in [0.15, 0.2) is 142 Å². The largest absolute Gasteiger partial charge is 0.385 e. The number of fused-ring (bicyclic) bond motifs is 1. The summed E-state index contributed by atoms with van der Waals surface area (Å²) in [5, 5.41) is 3.63. The first-order valence-electron chi connectivity index (χ1n) is 17.1. The number of rotatable bonds is 12. The molecule has 1 heterocycles. The van der Waals surface area contributed by atoms with Crippen molar-refractivity contribution in [1.29, 1.82) is 0 Å². The minimum atomic E-state index is -0.204. The van der Waals surface area contributed by atoms with Crippen LogP contribution in [0.25, 0.3) is 0 Å². The van der Waals surface area contributed by atoms with Crippen molar-refractivity contribution in [3.63, 3.8) is 0 Å². The number of anilines is 2. The van der Waals surface area contributed by atoms with Gasteiger partial charge in [-0.3, -0.25) is 0 Å². The highest BCUT2D eigenvalue weighted by atomic mass is 32.2. The van der Waals surface area contributed by atoms with Crippen molar-refractivity contribution in [1.82, 2.24) is 0 Å². The van der Waals surface area contributed by atoms with E-state index in [2.05, 4.69) is 162 Å². The second-order valence-electron chi connectivity index (χ2n) is 13.6. The van der Waals surface area contributed by atoms with Crippen molar-refractivity contribution in [2.45, 2.75) is 89.4 Å². The number of nitrogens with zero attached hydrogens (tertiary/aromatic N) is 1. The molecule has 2 aliphatic rings. The maximum atomic E-state index is 4.61. The molecule has 0 fully saturated rings. The van der Waals surface area contributed by atoms with Crippen LogP contribution in [0.3, 0.4) is 0 Å². The van der Waals surface area contributed by atoms with Crippen molar-refractivity contribution in [3.05, 3.63) is 148 Å². The van der Waals surface area contributed by atoms with Gasteiger partial charge >= 0.3 is 0 Å². The lowest BCUT2D eigenvalue weighted by atomic mass is 9.77. The first-order chi connectivity index (χ1) is 22.2. The van der Waals surface area contributed by atoms with Crippen molar-refractivity contribution < 1.29 is 0 Å². The van der Waals surface area contributed by atoms with Crippen LogP contribution in [0, 0.1) is 0 Å². The number of nitrogens with one attached hydrogen (secondary N) is 1. The van der Waals surface area contributed by atoms with Gasteiger partial charge in [-0.2, -0.15) is 0 Å². The second kappa shape index (κ2) is 14.8. The average Bonchev–Trinajstić information content (AvgIpc) is 3.28. The van der Waals surface area contributed by atoms with Crippen molar-refractivity contribution >= 4 is 23.1 Å². The highest BCUT2D eigenvalue weighted by Crippen LogP contribution is 2.48. The first-order valence-corrected chi connectivity index (χ1v) is 18.0. The second-order valence-corrected chi connectivity index (χ2v) is 14.7. The van der Waals surface area contributed by atoms with E-state index in [1.165, 1.54) is 49.1 Å². The lowest BCUT2D eigenvalue weighted by Crippen LogP contribution is -2.26. The summed E-state index contributed by atoms with van der Waals surface area (Å²) in [5.74, 6) is 0. The topological polar surface area (TPSA) is 15.3 Å². The summed E-state index contributed by atoms with van der Waals surface area (Å²) in [7, 11) is 0. The Morgan fingerprint density at radius 3 is 2.39 bits per heavy atom. The number of hydrogen-bond acceptors (Lipinski definition) is 3. The zero-order valence-corrected chi connectivity index (χ0v) is 29.6. The van der Waals surface area contributed by atoms with Gasteiger partial charge < -0.3 is 10.2 Å². The summed E-state index contributed by atoms with van der Waals surface area (Å²) >= 11 is 1.91. The van der Waals surface area contributed by atoms with Gasteiger partial charge in [0, 0.05) is 50.8 Å². The Morgan fingerprint density at radius 2 is 1.63 bits per heavy atom. The maximum absolute atomic E-state index is 4.61. The van der Waals surface area contributed by atoms with Crippen LogP contribution in [0.2, 0.25) is 0 Å². The molecule has 0 radical (unpaired) electrons. The molecule has 0 spiro atoms. The molecular weight excluding hydrogens is 577 g/mol. The minimum Gasteiger partial charge on any atom is -0.385 e. The van der Waals surface area contributed by atoms with Crippen LogP contribution in [-0.2, 0) is 10.8 Å². The van der Waals surface area contributed by atoms with Gasteiger partial charge in [-0.05, 0) is 90.3 Å². The standard InChI is InChI=1S/C43H52N2S/c1-8-30-44-38-24-15-13-22-36(38)42(4,5)32(3)26-27-33-18-17-19-34(41(33)46-35-20-11-10-12-21-35)28-29-40-43(6,7)37-23-14-16-25-39(37)45(40)31-9-2/h10-16,20-29,44H,3,8-9,17-19,30-31H2,1-2,4-7H3/b27-26+,34-28-,40-29-. The fourth-order valence-electron chi connectivity index (χ4n) is 6.77. The smallest absolute Gasteiger partial charge is 0.0450 e. The van der Waals surface area contributed by atoms with Crippen LogP contribution in [-0.4, -0.2) is 13.1 Å². The lowest BCUT2D eigenvalue weighted by Gasteiger charge is -2.29. The Bertz CT molecular complexity index is 1650. The van der Waals surface area contributed by atoms with E-state index in [1.54, 1.807) is 0 Å². The van der Waals surface area contributed by atoms with Gasteiger partial charge in [0.2, 0.25) is 0 Å². The van der Waals surface area contributed by atoms with E-state index >= 15 is 0 Å². The monoisotopic (exact) mass is 628 g/mol. The van der Waals surface area contributed by atoms with Crippen LogP contribution in [0.4, 0.5) is 11.4 Å². The average molecular weight is 629 g/mol. The van der Waals surface area contributed by atoms with E-state index in [9.17, 15) is 0 Å². The molecule has 240 valence electrons. The third-order valence-electron chi connectivity index (χ3n) is 9.58. The molecule has 0 unspecified atom stereocenters. The SMILES string of the molecule is C=C(/C=C/C1=C(Sc2ccccc2)C(=C\C=C2/N(CCC)c3ccccc3C2(C)C)/CCC1)C(C)(C)c1ccccc1NCCC. The van der Waals surface area contributed by atoms with Gasteiger partial charge in [0.25, 0.3) is 0 Å². The fourth-order valence-corrected chi connectivity index (χ4v) is 7.90. The minimum absolute atomic E-state index is 0.0394. The molecule has 1 N–H and O–H groups in total. The molecule has 0 atom stereocenters. The molecule has 0 bridgehead atoms. The lowest BCUT2D eigenvalue weighted by molar-refractivity contribution is 0.629. The molecular formula is C43H52N2S. The van der Waals surface area contributed by atoms with Crippen LogP contribution >= 0.6 is 11.8 Å². The molecule has 5 rings (SSSR count). The van der Waals surface area contributed by atoms with E-state index in [-0.39, 0.29) is 10.8 Å². The number of benzene rings is 3. The third kappa shape index (κ3) is 7.15. The molecule has 3 aromatic rings. The number of allylic oxidation sites excluding steroid dienone is 8. The van der Waals surface area contributed by atoms with E-state index in [4.69, 9.17) is 0 Å². The molecule has 0 saturated heterocycles. The molecule has 1 aliphatic carbocycles. The Hall–Kier alpha value is -3.69. The molecule has 2 nitrogen and oxygen atoms in total. The molecule has 0 aromatic heterocycles. The van der Waals surface area contributed by atoms with Crippen molar-refractivity contribution in [2.24, 2.45) is 0 Å². The molecule has 0 amide bonds. The van der Waals surface area contributed by atoms with Gasteiger partial charge in [0.05, 0.1) is 0 Å². The fraction of sp³-hybridized carbons (Fsp3) is 0.349. The zero-order chi connectivity index (χ0) is 32.7. The summed E-state index contributed by atoms with van der Waals surface area (Å²) in [6.07, 6.45) is 15.0. The Labute approximate surface area is 283 Å². The molecule has 3 aromatic carbocycles. The maximum Gasteiger partial charge on any atom is 0.0450 e. The predicted molar refractivity (Wildman–Crippen MR) is 203 cm³/mol. The normalized spacial score (nSPS) is 18.1. The zero-order valence-electron chi connectivity index (χ0n) is 28.8. The van der Waals surface area contributed by atoms with Crippen molar-refractivity contribution in [2.75, 3.05) is 23.3 Å². The predicted octanol–water partition coefficient (Wildman–Crippen LogP) is 12.1. The molecule has 46 heavy (non-hydrogen) atoms. The number of para-hydroxylation sites is 2. The highest BCUT2D eigenvalue weighted by Gasteiger charge is 2.39. The van der Waals surface area contributed by atoms with E-state index in [1.807, 2.05) is 11.8 Å². The van der Waals surface area contributed by atoms with E-state index in [0.717, 1.165) is 50.8 Å². The summed E-state index contributed by atoms with van der Waals surface area (Å²) in [4.78, 5) is 5.21. The van der Waals surface area contributed by atoms with Gasteiger partial charge in [0.1, 0.15) is 0 Å². The summed E-state index contributed by atoms with van der Waals surface area (Å²) in [5.41, 5.74) is 10.4. The van der Waals surface area contributed by atoms with Gasteiger partial charge in [0.15, 0.2) is 0 Å². The molecule has 3 heteroatoms. The van der Waals surface area contributed by atoms with Crippen molar-refractivity contribution in [3.8, 4) is 0 Å². The Morgan fingerprint density at radius 1 is 0.913 bits per heavy atom. The summed E-state index contributed by atoms with van der Waals surface area (Å²) < 4.78 is 0. The Kier molecular flexibility index (Phi) is 10.8. The van der Waals surface area contributed by atoms with Gasteiger partial charge in [-0.15, -0.1) is 0 Å². The van der Waals surface area contributed by atoms with Crippen LogP contribution in [0.5, 0.6) is 0 Å². The Balaban J connectivity index is 1.52. The summed E-state index contributed by atoms with van der Waals surface area (Å²) in [6, 6.07) is 28.5. The van der Waals surface area contributed by atoms with Crippen LogP contribution in [0.1, 0.15) is 84.8 Å². The third-order valence-corrected chi connectivity index (χ3v) is 10.8. The number of thioether (sulfide) groups is 1.